The number of methoxy groups -OCH3 is 1. The van der Waals surface area contributed by atoms with Crippen LogP contribution in [-0.2, 0) is 16.1 Å². The van der Waals surface area contributed by atoms with Gasteiger partial charge in [0.2, 0.25) is 5.91 Å². The van der Waals surface area contributed by atoms with Gasteiger partial charge in [-0.1, -0.05) is 36.2 Å². The van der Waals surface area contributed by atoms with Crippen LogP contribution in [0.2, 0.25) is 5.02 Å². The lowest BCUT2D eigenvalue weighted by Crippen LogP contribution is -2.48. The Kier molecular flexibility index (Phi) is 10.4. The maximum Gasteiger partial charge on any atom is 0.337 e. The number of nitrogens with one attached hydrogen (secondary N) is 2. The zero-order chi connectivity index (χ0) is 28.5. The molecule has 0 radical (unpaired) electrons. The Bertz CT molecular complexity index is 1240. The highest BCUT2D eigenvalue weighted by atomic mass is 35.5. The average Bonchev–Trinajstić information content (AvgIpc) is 3.05. The Balaban J connectivity index is 1.90. The molecule has 11 nitrogen and oxygen atoms in total. The summed E-state index contributed by atoms with van der Waals surface area (Å²) < 4.78 is 5.44. The molecule has 0 saturated carbocycles. The number of nitrogen functional groups attached to an aromatic ring is 1. The number of carbonyl (C=O) groups excluding carboxylic acids is 2. The number of amides is 3. The van der Waals surface area contributed by atoms with Crippen LogP contribution in [0, 0.1) is 5.92 Å². The van der Waals surface area contributed by atoms with Gasteiger partial charge in [0.1, 0.15) is 12.4 Å². The van der Waals surface area contributed by atoms with Crippen LogP contribution < -0.4 is 21.1 Å². The quantitative estimate of drug-likeness (QED) is 0.253. The van der Waals surface area contributed by atoms with Crippen molar-refractivity contribution in [1.29, 1.82) is 0 Å². The van der Waals surface area contributed by atoms with Crippen LogP contribution in [0.1, 0.15) is 54.2 Å². The van der Waals surface area contributed by atoms with Crippen molar-refractivity contribution >= 4 is 41.0 Å². The van der Waals surface area contributed by atoms with Crippen LogP contribution in [0.15, 0.2) is 41.6 Å². The molecule has 1 aliphatic heterocycles. The molecule has 0 aromatic heterocycles. The SMILES string of the molecule is CCC[C@@H](NC(=O)N1CC(=NOCC)NC[C@H](Cc2cc(Cl)ccc2OC)C1=O)c1ccc(C(=O)O)c(N)c1. The molecule has 3 rings (SSSR count). The highest BCUT2D eigenvalue weighted by molar-refractivity contribution is 6.30. The van der Waals surface area contributed by atoms with Crippen molar-refractivity contribution in [2.75, 3.05) is 32.5 Å². The number of urea groups is 1. The Labute approximate surface area is 232 Å². The molecular weight excluding hydrogens is 526 g/mol. The highest BCUT2D eigenvalue weighted by Crippen LogP contribution is 2.27. The van der Waals surface area contributed by atoms with Gasteiger partial charge in [-0.3, -0.25) is 9.69 Å². The monoisotopic (exact) mass is 559 g/mol. The van der Waals surface area contributed by atoms with Gasteiger partial charge < -0.3 is 31.0 Å². The molecule has 210 valence electrons. The van der Waals surface area contributed by atoms with Crippen molar-refractivity contribution in [3.05, 3.63) is 58.1 Å². The molecule has 2 atom stereocenters. The molecule has 2 aromatic carbocycles. The third-order valence-corrected chi connectivity index (χ3v) is 6.55. The van der Waals surface area contributed by atoms with Crippen LogP contribution >= 0.6 is 11.6 Å². The predicted octanol–water partition coefficient (Wildman–Crippen LogP) is 3.82. The van der Waals surface area contributed by atoms with Crippen molar-refractivity contribution in [2.24, 2.45) is 11.1 Å². The van der Waals surface area contributed by atoms with Crippen LogP contribution in [0.4, 0.5) is 10.5 Å². The molecule has 2 aromatic rings. The number of amidine groups is 1. The van der Waals surface area contributed by atoms with Crippen molar-refractivity contribution in [1.82, 2.24) is 15.5 Å². The molecule has 3 amide bonds. The summed E-state index contributed by atoms with van der Waals surface area (Å²) >= 11 is 6.20. The number of carbonyl (C=O) groups is 3. The number of carboxylic acid groups (broad SMARTS) is 1. The molecule has 1 fully saturated rings. The summed E-state index contributed by atoms with van der Waals surface area (Å²) in [6.45, 7) is 4.15. The first-order valence-electron chi connectivity index (χ1n) is 12.7. The first-order chi connectivity index (χ1) is 18.7. The van der Waals surface area contributed by atoms with Crippen molar-refractivity contribution in [3.63, 3.8) is 0 Å². The number of nitrogens with zero attached hydrogens (tertiary/aromatic N) is 2. The van der Waals surface area contributed by atoms with Gasteiger partial charge in [0.15, 0.2) is 5.84 Å². The van der Waals surface area contributed by atoms with E-state index in [1.54, 1.807) is 31.2 Å². The lowest BCUT2D eigenvalue weighted by Gasteiger charge is -2.26. The first kappa shape index (κ1) is 29.6. The molecule has 5 N–H and O–H groups in total. The van der Waals surface area contributed by atoms with Gasteiger partial charge in [-0.15, -0.1) is 0 Å². The van der Waals surface area contributed by atoms with Crippen molar-refractivity contribution < 1.29 is 29.1 Å². The smallest absolute Gasteiger partial charge is 0.337 e. The number of nitrogens with two attached hydrogens (primary N) is 1. The Hall–Kier alpha value is -3.99. The molecule has 1 aliphatic rings. The lowest BCUT2D eigenvalue weighted by molar-refractivity contribution is -0.131. The summed E-state index contributed by atoms with van der Waals surface area (Å²) in [5, 5.41) is 19.9. The minimum absolute atomic E-state index is 0.0230. The van der Waals surface area contributed by atoms with E-state index < -0.39 is 29.9 Å². The van der Waals surface area contributed by atoms with E-state index in [2.05, 4.69) is 15.8 Å². The summed E-state index contributed by atoms with van der Waals surface area (Å²) in [7, 11) is 1.54. The largest absolute Gasteiger partial charge is 0.496 e. The van der Waals surface area contributed by atoms with Gasteiger partial charge in [0, 0.05) is 17.3 Å². The third-order valence-electron chi connectivity index (χ3n) is 6.32. The number of carboxylic acids is 1. The number of imide groups is 1. The van der Waals surface area contributed by atoms with Crippen LogP contribution in [0.25, 0.3) is 0 Å². The summed E-state index contributed by atoms with van der Waals surface area (Å²) in [6.07, 6.45) is 1.53. The lowest BCUT2D eigenvalue weighted by atomic mass is 9.97. The van der Waals surface area contributed by atoms with E-state index in [0.29, 0.717) is 35.2 Å². The van der Waals surface area contributed by atoms with Gasteiger partial charge in [-0.05, 0) is 61.2 Å². The first-order valence-corrected chi connectivity index (χ1v) is 13.1. The second-order valence-electron chi connectivity index (χ2n) is 9.06. The van der Waals surface area contributed by atoms with Crippen molar-refractivity contribution in [3.8, 4) is 5.75 Å². The van der Waals surface area contributed by atoms with E-state index in [-0.39, 0.29) is 30.8 Å². The molecule has 0 unspecified atom stereocenters. The fourth-order valence-corrected chi connectivity index (χ4v) is 4.56. The van der Waals surface area contributed by atoms with E-state index in [4.69, 9.17) is 26.9 Å². The number of anilines is 1. The predicted molar refractivity (Wildman–Crippen MR) is 148 cm³/mol. The van der Waals surface area contributed by atoms with Gasteiger partial charge >= 0.3 is 12.0 Å². The van der Waals surface area contributed by atoms with Gasteiger partial charge in [-0.2, -0.15) is 0 Å². The fraction of sp³-hybridized carbons (Fsp3) is 0.407. The number of halogens is 1. The molecule has 0 spiro atoms. The Morgan fingerprint density at radius 2 is 2.05 bits per heavy atom. The molecule has 0 bridgehead atoms. The number of aromatic carboxylic acids is 1. The minimum atomic E-state index is -1.14. The Morgan fingerprint density at radius 1 is 1.28 bits per heavy atom. The number of ether oxygens (including phenoxy) is 1. The molecule has 12 heteroatoms. The maximum atomic E-state index is 13.7. The van der Waals surface area contributed by atoms with Crippen LogP contribution in [0.5, 0.6) is 5.75 Å². The van der Waals surface area contributed by atoms with Gasteiger partial charge in [-0.25, -0.2) is 9.59 Å². The van der Waals surface area contributed by atoms with E-state index in [1.807, 2.05) is 6.92 Å². The maximum absolute atomic E-state index is 13.7. The molecule has 1 saturated heterocycles. The number of rotatable bonds is 10. The standard InChI is InChI=1S/C27H34ClN5O6/c1-4-6-22(16-7-9-20(26(35)36)21(29)13-16)31-27(37)33-15-24(32-39-5-2)30-14-18(25(33)34)11-17-12-19(28)8-10-23(17)38-3/h7-10,12-13,18,22H,4-6,11,14-15,29H2,1-3H3,(H,30,32)(H,31,37)(H,35,36)/t18-,22+/m0/s1. The van der Waals surface area contributed by atoms with Crippen LogP contribution in [0.3, 0.4) is 0 Å². The van der Waals surface area contributed by atoms with Gasteiger partial charge in [0.25, 0.3) is 0 Å². The zero-order valence-electron chi connectivity index (χ0n) is 22.2. The van der Waals surface area contributed by atoms with E-state index >= 15 is 0 Å². The van der Waals surface area contributed by atoms with E-state index in [1.165, 1.54) is 19.2 Å². The third kappa shape index (κ3) is 7.53. The normalized spacial score (nSPS) is 17.2. The second-order valence-corrected chi connectivity index (χ2v) is 9.50. The summed E-state index contributed by atoms with van der Waals surface area (Å²) in [5.41, 5.74) is 7.38. The number of oxime groups is 1. The molecular formula is C27H34ClN5O6. The molecule has 39 heavy (non-hydrogen) atoms. The van der Waals surface area contributed by atoms with Gasteiger partial charge in [0.05, 0.1) is 31.2 Å². The Morgan fingerprint density at radius 3 is 2.69 bits per heavy atom. The number of benzene rings is 2. The summed E-state index contributed by atoms with van der Waals surface area (Å²) in [6, 6.07) is 8.60. The minimum Gasteiger partial charge on any atom is -0.496 e. The molecule has 0 aliphatic carbocycles. The van der Waals surface area contributed by atoms with Crippen molar-refractivity contribution in [2.45, 2.75) is 39.2 Å². The topological polar surface area (TPSA) is 156 Å². The summed E-state index contributed by atoms with van der Waals surface area (Å²) in [4.78, 5) is 45.0. The highest BCUT2D eigenvalue weighted by Gasteiger charge is 2.35. The number of hydrogen-bond donors (Lipinski definition) is 4. The average molecular weight is 560 g/mol. The molecule has 1 heterocycles. The fourth-order valence-electron chi connectivity index (χ4n) is 4.37. The zero-order valence-corrected chi connectivity index (χ0v) is 23.0. The summed E-state index contributed by atoms with van der Waals surface area (Å²) in [5.74, 6) is -1.25. The van der Waals surface area contributed by atoms with E-state index in [0.717, 1.165) is 16.9 Å². The second kappa shape index (κ2) is 13.7. The number of hydrogen-bond acceptors (Lipinski definition) is 7. The van der Waals surface area contributed by atoms with E-state index in [9.17, 15) is 19.5 Å². The van der Waals surface area contributed by atoms with Crippen LogP contribution in [-0.4, -0.2) is 60.6 Å².